The molecular formula is C15H16N2OS. The van der Waals surface area contributed by atoms with E-state index in [4.69, 9.17) is 0 Å². The molecule has 2 rings (SSSR count). The first-order valence-electron chi connectivity index (χ1n) is 6.00. The van der Waals surface area contributed by atoms with Crippen LogP contribution in [0.5, 0.6) is 0 Å². The lowest BCUT2D eigenvalue weighted by atomic mass is 10.1. The number of para-hydroxylation sites is 2. The fourth-order valence-corrected chi connectivity index (χ4v) is 2.07. The van der Waals surface area contributed by atoms with Gasteiger partial charge in [0.15, 0.2) is 0 Å². The molecular weight excluding hydrogens is 256 g/mol. The summed E-state index contributed by atoms with van der Waals surface area (Å²) in [6.45, 7) is 3.93. The molecule has 2 aromatic carbocycles. The van der Waals surface area contributed by atoms with Crippen LogP contribution >= 0.6 is 12.6 Å². The lowest BCUT2D eigenvalue weighted by Gasteiger charge is -2.13. The average molecular weight is 272 g/mol. The number of hydrogen-bond acceptors (Lipinski definition) is 2. The van der Waals surface area contributed by atoms with Crippen LogP contribution in [0, 0.1) is 13.8 Å². The number of carbonyl (C=O) groups excluding carboxylic acids is 1. The van der Waals surface area contributed by atoms with Crippen LogP contribution in [0.15, 0.2) is 47.4 Å². The van der Waals surface area contributed by atoms with Gasteiger partial charge in [-0.2, -0.15) is 0 Å². The van der Waals surface area contributed by atoms with Gasteiger partial charge in [-0.1, -0.05) is 30.3 Å². The highest BCUT2D eigenvalue weighted by molar-refractivity contribution is 7.80. The highest BCUT2D eigenvalue weighted by Crippen LogP contribution is 2.21. The van der Waals surface area contributed by atoms with Crippen molar-refractivity contribution in [2.75, 3.05) is 10.6 Å². The Bertz CT molecular complexity index is 591. The minimum absolute atomic E-state index is 0.265. The van der Waals surface area contributed by atoms with Crippen LogP contribution in [-0.4, -0.2) is 6.03 Å². The number of amides is 2. The van der Waals surface area contributed by atoms with Crippen molar-refractivity contribution < 1.29 is 4.79 Å². The van der Waals surface area contributed by atoms with E-state index in [0.717, 1.165) is 21.7 Å². The number of nitrogens with one attached hydrogen (secondary N) is 2. The zero-order valence-electron chi connectivity index (χ0n) is 10.9. The highest BCUT2D eigenvalue weighted by Gasteiger charge is 2.08. The molecule has 4 heteroatoms. The van der Waals surface area contributed by atoms with Gasteiger partial charge in [0.05, 0.1) is 5.69 Å². The van der Waals surface area contributed by atoms with E-state index in [1.54, 1.807) is 0 Å². The molecule has 2 amide bonds. The molecule has 98 valence electrons. The van der Waals surface area contributed by atoms with Crippen LogP contribution in [0.3, 0.4) is 0 Å². The molecule has 2 N–H and O–H groups in total. The van der Waals surface area contributed by atoms with Gasteiger partial charge in [0.1, 0.15) is 0 Å². The molecule has 0 spiro atoms. The van der Waals surface area contributed by atoms with Crippen molar-refractivity contribution in [3.05, 3.63) is 53.6 Å². The number of rotatable bonds is 2. The third-order valence-electron chi connectivity index (χ3n) is 2.87. The highest BCUT2D eigenvalue weighted by atomic mass is 32.1. The number of anilines is 2. The van der Waals surface area contributed by atoms with Crippen LogP contribution in [-0.2, 0) is 0 Å². The number of carbonyl (C=O) groups is 1. The van der Waals surface area contributed by atoms with Gasteiger partial charge in [-0.25, -0.2) is 4.79 Å². The SMILES string of the molecule is Cc1cccc(C)c1NC(=O)Nc1ccccc1S. The van der Waals surface area contributed by atoms with Gasteiger partial charge in [-0.05, 0) is 37.1 Å². The van der Waals surface area contributed by atoms with E-state index < -0.39 is 0 Å². The number of aryl methyl sites for hydroxylation is 2. The van der Waals surface area contributed by atoms with Gasteiger partial charge >= 0.3 is 6.03 Å². The van der Waals surface area contributed by atoms with Crippen LogP contribution in [0.25, 0.3) is 0 Å². The van der Waals surface area contributed by atoms with E-state index in [1.807, 2.05) is 56.3 Å². The summed E-state index contributed by atoms with van der Waals surface area (Å²) in [4.78, 5) is 12.7. The molecule has 0 heterocycles. The first kappa shape index (κ1) is 13.5. The van der Waals surface area contributed by atoms with Crippen molar-refractivity contribution in [2.45, 2.75) is 18.7 Å². The fourth-order valence-electron chi connectivity index (χ4n) is 1.86. The van der Waals surface area contributed by atoms with Gasteiger partial charge in [0.25, 0.3) is 0 Å². The van der Waals surface area contributed by atoms with Crippen LogP contribution in [0.2, 0.25) is 0 Å². The van der Waals surface area contributed by atoms with Crippen molar-refractivity contribution in [2.24, 2.45) is 0 Å². The molecule has 2 aromatic rings. The predicted octanol–water partition coefficient (Wildman–Crippen LogP) is 4.24. The number of urea groups is 1. The molecule has 0 saturated heterocycles. The first-order chi connectivity index (χ1) is 9.08. The molecule has 0 aliphatic heterocycles. The van der Waals surface area contributed by atoms with Gasteiger partial charge in [-0.15, -0.1) is 12.6 Å². The molecule has 0 unspecified atom stereocenters. The third kappa shape index (κ3) is 3.29. The second kappa shape index (κ2) is 5.80. The Morgan fingerprint density at radius 3 is 2.21 bits per heavy atom. The van der Waals surface area contributed by atoms with Crippen molar-refractivity contribution in [3.63, 3.8) is 0 Å². The van der Waals surface area contributed by atoms with Crippen LogP contribution in [0.1, 0.15) is 11.1 Å². The summed E-state index contributed by atoms with van der Waals surface area (Å²) in [6.07, 6.45) is 0. The summed E-state index contributed by atoms with van der Waals surface area (Å²) < 4.78 is 0. The maximum atomic E-state index is 12.0. The predicted molar refractivity (Wildman–Crippen MR) is 82.3 cm³/mol. The van der Waals surface area contributed by atoms with E-state index in [-0.39, 0.29) is 6.03 Å². The molecule has 0 aliphatic rings. The first-order valence-corrected chi connectivity index (χ1v) is 6.45. The zero-order valence-corrected chi connectivity index (χ0v) is 11.8. The minimum atomic E-state index is -0.265. The van der Waals surface area contributed by atoms with E-state index >= 15 is 0 Å². The molecule has 19 heavy (non-hydrogen) atoms. The monoisotopic (exact) mass is 272 g/mol. The molecule has 0 fully saturated rings. The summed E-state index contributed by atoms with van der Waals surface area (Å²) in [6, 6.07) is 13.0. The Hall–Kier alpha value is -1.94. The molecule has 0 radical (unpaired) electrons. The number of benzene rings is 2. The standard InChI is InChI=1S/C15H16N2OS/c1-10-6-5-7-11(2)14(10)17-15(18)16-12-8-3-4-9-13(12)19/h3-9,19H,1-2H3,(H2,16,17,18). The molecule has 0 saturated carbocycles. The normalized spacial score (nSPS) is 10.1. The maximum absolute atomic E-state index is 12.0. The Morgan fingerprint density at radius 2 is 1.58 bits per heavy atom. The summed E-state index contributed by atoms with van der Waals surface area (Å²) in [5, 5.41) is 5.66. The van der Waals surface area contributed by atoms with E-state index in [0.29, 0.717) is 5.69 Å². The van der Waals surface area contributed by atoms with Crippen molar-refractivity contribution in [1.82, 2.24) is 0 Å². The molecule has 0 bridgehead atoms. The van der Waals surface area contributed by atoms with Crippen molar-refractivity contribution >= 4 is 30.0 Å². The van der Waals surface area contributed by atoms with Gasteiger partial charge < -0.3 is 10.6 Å². The lowest BCUT2D eigenvalue weighted by molar-refractivity contribution is 0.262. The molecule has 3 nitrogen and oxygen atoms in total. The average Bonchev–Trinajstić information content (AvgIpc) is 2.37. The van der Waals surface area contributed by atoms with Gasteiger partial charge in [-0.3, -0.25) is 0 Å². The Morgan fingerprint density at radius 1 is 0.947 bits per heavy atom. The summed E-state index contributed by atoms with van der Waals surface area (Å²) >= 11 is 4.30. The van der Waals surface area contributed by atoms with Crippen LogP contribution in [0.4, 0.5) is 16.2 Å². The van der Waals surface area contributed by atoms with E-state index in [9.17, 15) is 4.79 Å². The van der Waals surface area contributed by atoms with E-state index in [2.05, 4.69) is 23.3 Å². The smallest absolute Gasteiger partial charge is 0.307 e. The Balaban J connectivity index is 2.12. The quantitative estimate of drug-likeness (QED) is 0.703. The molecule has 0 aliphatic carbocycles. The Labute approximate surface area is 118 Å². The number of hydrogen-bond donors (Lipinski definition) is 3. The van der Waals surface area contributed by atoms with Crippen molar-refractivity contribution in [1.29, 1.82) is 0 Å². The second-order valence-electron chi connectivity index (χ2n) is 4.36. The summed E-state index contributed by atoms with van der Waals surface area (Å²) in [7, 11) is 0. The van der Waals surface area contributed by atoms with Gasteiger partial charge in [0, 0.05) is 10.6 Å². The second-order valence-corrected chi connectivity index (χ2v) is 4.84. The van der Waals surface area contributed by atoms with E-state index in [1.165, 1.54) is 0 Å². The largest absolute Gasteiger partial charge is 0.323 e. The van der Waals surface area contributed by atoms with Crippen LogP contribution < -0.4 is 10.6 Å². The zero-order chi connectivity index (χ0) is 13.8. The maximum Gasteiger partial charge on any atom is 0.323 e. The minimum Gasteiger partial charge on any atom is -0.307 e. The van der Waals surface area contributed by atoms with Gasteiger partial charge in [0.2, 0.25) is 0 Å². The molecule has 0 atom stereocenters. The summed E-state index contributed by atoms with van der Waals surface area (Å²) in [5.74, 6) is 0. The summed E-state index contributed by atoms with van der Waals surface area (Å²) in [5.41, 5.74) is 3.61. The third-order valence-corrected chi connectivity index (χ3v) is 3.26. The topological polar surface area (TPSA) is 41.1 Å². The Kier molecular flexibility index (Phi) is 4.12. The lowest BCUT2D eigenvalue weighted by Crippen LogP contribution is -2.20. The van der Waals surface area contributed by atoms with Crippen molar-refractivity contribution in [3.8, 4) is 0 Å². The molecule has 0 aromatic heterocycles. The number of thiol groups is 1. The fraction of sp³-hybridized carbons (Fsp3) is 0.133.